The fourth-order valence-corrected chi connectivity index (χ4v) is 4.31. The van der Waals surface area contributed by atoms with Crippen molar-refractivity contribution in [3.05, 3.63) is 58.5 Å². The van der Waals surface area contributed by atoms with E-state index in [1.165, 1.54) is 23.7 Å². The van der Waals surface area contributed by atoms with Crippen molar-refractivity contribution in [1.29, 1.82) is 0 Å². The van der Waals surface area contributed by atoms with Crippen LogP contribution in [0.3, 0.4) is 0 Å². The number of aromatic nitrogens is 9. The molecular weight excluding hydrogens is 478 g/mol. The number of H-pyrrole nitrogens is 1. The molecule has 0 spiro atoms. The molecule has 5 heterocycles. The van der Waals surface area contributed by atoms with Gasteiger partial charge in [-0.05, 0) is 35.5 Å². The molecule has 0 fully saturated rings. The van der Waals surface area contributed by atoms with Crippen molar-refractivity contribution in [3.63, 3.8) is 0 Å². The largest absolute Gasteiger partial charge is 0.342 e. The molecule has 5 rings (SSSR count). The summed E-state index contributed by atoms with van der Waals surface area (Å²) < 4.78 is 30.1. The minimum Gasteiger partial charge on any atom is -0.342 e. The highest BCUT2D eigenvalue weighted by Gasteiger charge is 2.24. The van der Waals surface area contributed by atoms with Crippen molar-refractivity contribution in [2.75, 3.05) is 0 Å². The molecule has 168 valence electrons. The molecule has 0 aliphatic rings. The van der Waals surface area contributed by atoms with E-state index in [0.29, 0.717) is 15.9 Å². The van der Waals surface area contributed by atoms with Crippen molar-refractivity contribution in [1.82, 2.24) is 50.1 Å². The lowest BCUT2D eigenvalue weighted by atomic mass is 10.2. The quantitative estimate of drug-likeness (QED) is 0.373. The summed E-state index contributed by atoms with van der Waals surface area (Å²) in [5.41, 5.74) is 1.18. The zero-order valence-corrected chi connectivity index (χ0v) is 18.2. The Morgan fingerprint density at radius 2 is 2.15 bits per heavy atom. The maximum absolute atomic E-state index is 13.5. The van der Waals surface area contributed by atoms with Gasteiger partial charge in [-0.2, -0.15) is 9.78 Å². The number of amides is 1. The Morgan fingerprint density at radius 1 is 1.30 bits per heavy atom. The molecule has 1 unspecified atom stereocenters. The third-order valence-corrected chi connectivity index (χ3v) is 6.04. The normalized spacial score (nSPS) is 12.5. The second-order valence-corrected chi connectivity index (χ2v) is 8.59. The highest BCUT2D eigenvalue weighted by atomic mass is 35.5. The molecular formula is C18H13ClF2N10OS. The Bertz CT molecular complexity index is 1440. The summed E-state index contributed by atoms with van der Waals surface area (Å²) in [4.78, 5) is 22.2. The van der Waals surface area contributed by atoms with Gasteiger partial charge in [0.1, 0.15) is 17.8 Å². The number of nitrogens with one attached hydrogen (secondary N) is 2. The smallest absolute Gasteiger partial charge is 0.299 e. The number of aromatic amines is 1. The summed E-state index contributed by atoms with van der Waals surface area (Å²) in [6.45, 7) is 1.73. The van der Waals surface area contributed by atoms with Crippen LogP contribution in [0.5, 0.6) is 0 Å². The number of halogens is 3. The van der Waals surface area contributed by atoms with Crippen LogP contribution >= 0.6 is 22.9 Å². The minimum atomic E-state index is -2.94. The standard InChI is InChI=1S/C18H13ClF2N10OS/c1-8(15-23-7-24-26-15)25-18(32)9-4-10(31-17(14(20)21)27-28-29-31)16-22-5-11(30(16)6-9)12-2-3-13(19)33-12/h2-8,14H,1H3,(H,25,32)(H,23,24,26). The number of rotatable bonds is 6. The fraction of sp³-hybridized carbons (Fsp3) is 0.167. The second-order valence-electron chi connectivity index (χ2n) is 6.87. The van der Waals surface area contributed by atoms with Gasteiger partial charge in [-0.1, -0.05) is 11.6 Å². The molecule has 0 aliphatic heterocycles. The van der Waals surface area contributed by atoms with Gasteiger partial charge >= 0.3 is 0 Å². The van der Waals surface area contributed by atoms with Crippen molar-refractivity contribution < 1.29 is 13.6 Å². The summed E-state index contributed by atoms with van der Waals surface area (Å²) >= 11 is 7.39. The average molecular weight is 491 g/mol. The molecule has 33 heavy (non-hydrogen) atoms. The Labute approximate surface area is 192 Å². The highest BCUT2D eigenvalue weighted by molar-refractivity contribution is 7.19. The average Bonchev–Trinajstić information content (AvgIpc) is 3.59. The third kappa shape index (κ3) is 3.82. The lowest BCUT2D eigenvalue weighted by Crippen LogP contribution is -2.28. The number of hydrogen-bond acceptors (Lipinski definition) is 8. The summed E-state index contributed by atoms with van der Waals surface area (Å²) in [6, 6.07) is 4.45. The second kappa shape index (κ2) is 8.29. The van der Waals surface area contributed by atoms with E-state index in [-0.39, 0.29) is 16.9 Å². The van der Waals surface area contributed by atoms with Crippen molar-refractivity contribution in [2.24, 2.45) is 0 Å². The molecule has 0 saturated heterocycles. The highest BCUT2D eigenvalue weighted by Crippen LogP contribution is 2.33. The van der Waals surface area contributed by atoms with Crippen LogP contribution in [0, 0.1) is 0 Å². The van der Waals surface area contributed by atoms with Crippen molar-refractivity contribution in [3.8, 4) is 16.3 Å². The van der Waals surface area contributed by atoms with E-state index in [1.54, 1.807) is 35.9 Å². The van der Waals surface area contributed by atoms with Gasteiger partial charge in [-0.3, -0.25) is 14.3 Å². The number of hydrogen-bond donors (Lipinski definition) is 2. The summed E-state index contributed by atoms with van der Waals surface area (Å²) in [7, 11) is 0. The lowest BCUT2D eigenvalue weighted by Gasteiger charge is -2.13. The van der Waals surface area contributed by atoms with Crippen LogP contribution in [0.1, 0.15) is 41.4 Å². The lowest BCUT2D eigenvalue weighted by molar-refractivity contribution is 0.0938. The Hall–Kier alpha value is -3.78. The maximum atomic E-state index is 13.5. The number of pyridine rings is 1. The van der Waals surface area contributed by atoms with E-state index >= 15 is 0 Å². The third-order valence-electron chi connectivity index (χ3n) is 4.78. The molecule has 1 amide bonds. The zero-order chi connectivity index (χ0) is 23.1. The maximum Gasteiger partial charge on any atom is 0.299 e. The molecule has 15 heteroatoms. The van der Waals surface area contributed by atoms with Gasteiger partial charge in [-0.25, -0.2) is 18.7 Å². The molecule has 0 aliphatic carbocycles. The fourth-order valence-electron chi connectivity index (χ4n) is 3.26. The molecule has 5 aromatic rings. The molecule has 0 aromatic carbocycles. The van der Waals surface area contributed by atoms with E-state index in [1.807, 2.05) is 0 Å². The molecule has 2 N–H and O–H groups in total. The van der Waals surface area contributed by atoms with Gasteiger partial charge in [0.15, 0.2) is 5.65 Å². The van der Waals surface area contributed by atoms with Crippen LogP contribution in [0.4, 0.5) is 8.78 Å². The molecule has 1 atom stereocenters. The van der Waals surface area contributed by atoms with Crippen LogP contribution in [0.25, 0.3) is 21.9 Å². The number of carbonyl (C=O) groups excluding carboxylic acids is 1. The number of fused-ring (bicyclic) bond motifs is 1. The van der Waals surface area contributed by atoms with Crippen molar-refractivity contribution >= 4 is 34.5 Å². The number of nitrogens with zero attached hydrogens (tertiary/aromatic N) is 8. The Balaban J connectivity index is 1.66. The summed E-state index contributed by atoms with van der Waals surface area (Å²) in [6.07, 6.45) is 1.51. The van der Waals surface area contributed by atoms with E-state index in [2.05, 4.69) is 41.0 Å². The molecule has 0 saturated carbocycles. The van der Waals surface area contributed by atoms with E-state index in [9.17, 15) is 13.6 Å². The number of imidazole rings is 1. The molecule has 5 aromatic heterocycles. The first kappa shape index (κ1) is 21.1. The first-order chi connectivity index (χ1) is 15.9. The molecule has 11 nitrogen and oxygen atoms in total. The van der Waals surface area contributed by atoms with Crippen LogP contribution in [-0.4, -0.2) is 50.7 Å². The van der Waals surface area contributed by atoms with E-state index in [4.69, 9.17) is 11.6 Å². The van der Waals surface area contributed by atoms with E-state index in [0.717, 1.165) is 9.56 Å². The predicted octanol–water partition coefficient (Wildman–Crippen LogP) is 3.24. The number of tetrazole rings is 1. The molecule has 0 radical (unpaired) electrons. The van der Waals surface area contributed by atoms with Crippen LogP contribution in [0.2, 0.25) is 4.34 Å². The van der Waals surface area contributed by atoms with Gasteiger partial charge in [-0.15, -0.1) is 16.4 Å². The SMILES string of the molecule is CC(NC(=O)c1cc(-n2nnnc2C(F)F)c2ncc(-c3ccc(Cl)s3)n2c1)c1ncn[nH]1. The first-order valence-electron chi connectivity index (χ1n) is 9.42. The number of thiophene rings is 1. The monoisotopic (exact) mass is 490 g/mol. The summed E-state index contributed by atoms with van der Waals surface area (Å²) in [5.74, 6) is -0.688. The zero-order valence-electron chi connectivity index (χ0n) is 16.6. The van der Waals surface area contributed by atoms with Gasteiger partial charge in [0, 0.05) is 6.20 Å². The van der Waals surface area contributed by atoms with Gasteiger partial charge in [0.2, 0.25) is 5.82 Å². The number of alkyl halides is 2. The van der Waals surface area contributed by atoms with Gasteiger partial charge < -0.3 is 5.32 Å². The number of carbonyl (C=O) groups is 1. The Kier molecular flexibility index (Phi) is 5.30. The topological polar surface area (TPSA) is 132 Å². The van der Waals surface area contributed by atoms with Crippen LogP contribution < -0.4 is 5.32 Å². The summed E-state index contributed by atoms with van der Waals surface area (Å²) in [5, 5.41) is 19.7. The van der Waals surface area contributed by atoms with Crippen molar-refractivity contribution in [2.45, 2.75) is 19.4 Å². The van der Waals surface area contributed by atoms with E-state index < -0.39 is 24.2 Å². The van der Waals surface area contributed by atoms with Crippen LogP contribution in [0.15, 0.2) is 36.9 Å². The predicted molar refractivity (Wildman–Crippen MR) is 113 cm³/mol. The molecule has 0 bridgehead atoms. The minimum absolute atomic E-state index is 0.115. The van der Waals surface area contributed by atoms with Gasteiger partial charge in [0.25, 0.3) is 12.3 Å². The van der Waals surface area contributed by atoms with Crippen LogP contribution in [-0.2, 0) is 0 Å². The Morgan fingerprint density at radius 3 is 2.85 bits per heavy atom. The van der Waals surface area contributed by atoms with Gasteiger partial charge in [0.05, 0.1) is 32.7 Å². The first-order valence-corrected chi connectivity index (χ1v) is 10.6.